The zero-order valence-electron chi connectivity index (χ0n) is 14.5. The Morgan fingerprint density at radius 3 is 2.63 bits per heavy atom. The molecule has 0 saturated carbocycles. The zero-order chi connectivity index (χ0) is 18.9. The SMILES string of the molecule is NS(=O)(=O)c1ccc(Nc2ncc3cccc(C4=CCNCC4)c3n2)cc1. The average Bonchev–Trinajstić information content (AvgIpc) is 2.68. The Bertz CT molecular complexity index is 1120. The summed E-state index contributed by atoms with van der Waals surface area (Å²) in [5.74, 6) is 0.452. The van der Waals surface area contributed by atoms with Crippen LogP contribution in [-0.2, 0) is 10.0 Å². The van der Waals surface area contributed by atoms with Crippen molar-refractivity contribution >= 4 is 38.1 Å². The summed E-state index contributed by atoms with van der Waals surface area (Å²) < 4.78 is 22.7. The molecule has 3 aromatic rings. The van der Waals surface area contributed by atoms with Crippen molar-refractivity contribution in [3.63, 3.8) is 0 Å². The van der Waals surface area contributed by atoms with E-state index in [1.165, 1.54) is 17.7 Å². The number of nitrogens with one attached hydrogen (secondary N) is 2. The van der Waals surface area contributed by atoms with Crippen molar-refractivity contribution in [2.24, 2.45) is 5.14 Å². The first-order valence-corrected chi connectivity index (χ1v) is 10.1. The number of nitrogens with two attached hydrogens (primary N) is 1. The van der Waals surface area contributed by atoms with Crippen LogP contribution in [-0.4, -0.2) is 31.5 Å². The largest absolute Gasteiger partial charge is 0.324 e. The molecule has 0 bridgehead atoms. The van der Waals surface area contributed by atoms with E-state index in [9.17, 15) is 8.42 Å². The molecule has 7 nitrogen and oxygen atoms in total. The van der Waals surface area contributed by atoms with E-state index in [0.29, 0.717) is 11.6 Å². The number of hydrogen-bond acceptors (Lipinski definition) is 6. The topological polar surface area (TPSA) is 110 Å². The highest BCUT2D eigenvalue weighted by Gasteiger charge is 2.12. The first-order valence-electron chi connectivity index (χ1n) is 8.56. The van der Waals surface area contributed by atoms with E-state index in [2.05, 4.69) is 27.8 Å². The van der Waals surface area contributed by atoms with Crippen LogP contribution in [0.25, 0.3) is 16.5 Å². The number of sulfonamides is 1. The maximum absolute atomic E-state index is 11.4. The van der Waals surface area contributed by atoms with Crippen LogP contribution in [0.5, 0.6) is 0 Å². The molecule has 0 spiro atoms. The Labute approximate surface area is 157 Å². The van der Waals surface area contributed by atoms with E-state index in [1.54, 1.807) is 18.3 Å². The fraction of sp³-hybridized carbons (Fsp3) is 0.158. The first-order chi connectivity index (χ1) is 13.0. The molecule has 2 heterocycles. The van der Waals surface area contributed by atoms with Gasteiger partial charge in [-0.1, -0.05) is 24.3 Å². The van der Waals surface area contributed by atoms with Crippen molar-refractivity contribution in [1.82, 2.24) is 15.3 Å². The zero-order valence-corrected chi connectivity index (χ0v) is 15.3. The van der Waals surface area contributed by atoms with Crippen molar-refractivity contribution in [1.29, 1.82) is 0 Å². The number of anilines is 2. The van der Waals surface area contributed by atoms with E-state index in [-0.39, 0.29) is 4.90 Å². The number of benzene rings is 2. The Morgan fingerprint density at radius 2 is 1.93 bits per heavy atom. The Hall–Kier alpha value is -2.81. The lowest BCUT2D eigenvalue weighted by Gasteiger charge is -2.16. The summed E-state index contributed by atoms with van der Waals surface area (Å²) in [6.07, 6.45) is 4.94. The third kappa shape index (κ3) is 3.82. The molecule has 1 aromatic heterocycles. The number of hydrogen-bond donors (Lipinski definition) is 3. The number of rotatable bonds is 4. The minimum atomic E-state index is -3.71. The van der Waals surface area contributed by atoms with E-state index in [1.807, 2.05) is 12.1 Å². The highest BCUT2D eigenvalue weighted by atomic mass is 32.2. The molecule has 0 saturated heterocycles. The quantitative estimate of drug-likeness (QED) is 0.640. The second-order valence-electron chi connectivity index (χ2n) is 6.31. The van der Waals surface area contributed by atoms with Crippen molar-refractivity contribution in [3.8, 4) is 0 Å². The molecule has 1 aliphatic rings. The summed E-state index contributed by atoms with van der Waals surface area (Å²) >= 11 is 0. The first kappa shape index (κ1) is 17.6. The van der Waals surface area contributed by atoms with Gasteiger partial charge in [-0.25, -0.2) is 23.5 Å². The number of para-hydroxylation sites is 1. The molecule has 138 valence electrons. The lowest BCUT2D eigenvalue weighted by Crippen LogP contribution is -2.20. The maximum Gasteiger partial charge on any atom is 0.238 e. The number of primary sulfonamides is 1. The fourth-order valence-corrected chi connectivity index (χ4v) is 3.61. The van der Waals surface area contributed by atoms with Crippen LogP contribution in [0.4, 0.5) is 11.6 Å². The minimum Gasteiger partial charge on any atom is -0.324 e. The van der Waals surface area contributed by atoms with Gasteiger partial charge in [-0.15, -0.1) is 0 Å². The summed E-state index contributed by atoms with van der Waals surface area (Å²) in [6.45, 7) is 1.81. The van der Waals surface area contributed by atoms with Gasteiger partial charge in [-0.3, -0.25) is 0 Å². The Morgan fingerprint density at radius 1 is 1.11 bits per heavy atom. The molecular formula is C19H19N5O2S. The van der Waals surface area contributed by atoms with Crippen LogP contribution in [0.2, 0.25) is 0 Å². The molecule has 0 radical (unpaired) electrons. The number of nitrogens with zero attached hydrogens (tertiary/aromatic N) is 2. The van der Waals surface area contributed by atoms with Gasteiger partial charge in [0.05, 0.1) is 10.4 Å². The lowest BCUT2D eigenvalue weighted by atomic mass is 9.98. The molecule has 8 heteroatoms. The monoisotopic (exact) mass is 381 g/mol. The standard InChI is InChI=1S/C19H19N5O2S/c20-27(25,26)16-6-4-15(5-7-16)23-19-22-12-14-2-1-3-17(18(14)24-19)13-8-10-21-11-9-13/h1-8,12,21H,9-11H2,(H2,20,25,26)(H,22,23,24). The summed E-state index contributed by atoms with van der Waals surface area (Å²) in [6, 6.07) is 12.3. The summed E-state index contributed by atoms with van der Waals surface area (Å²) in [5, 5.41) is 12.5. The van der Waals surface area contributed by atoms with Crippen LogP contribution in [0.15, 0.2) is 59.6 Å². The van der Waals surface area contributed by atoms with Gasteiger partial charge in [-0.05, 0) is 42.8 Å². The maximum atomic E-state index is 11.4. The minimum absolute atomic E-state index is 0.0626. The van der Waals surface area contributed by atoms with E-state index < -0.39 is 10.0 Å². The summed E-state index contributed by atoms with van der Waals surface area (Å²) in [4.78, 5) is 9.12. The molecule has 0 amide bonds. The van der Waals surface area contributed by atoms with Gasteiger partial charge in [0.25, 0.3) is 0 Å². The predicted octanol–water partition coefficient (Wildman–Crippen LogP) is 2.40. The highest BCUT2D eigenvalue weighted by Crippen LogP contribution is 2.27. The third-order valence-electron chi connectivity index (χ3n) is 4.46. The van der Waals surface area contributed by atoms with Gasteiger partial charge in [0.15, 0.2) is 0 Å². The van der Waals surface area contributed by atoms with Gasteiger partial charge in [0, 0.05) is 29.4 Å². The molecule has 4 rings (SSSR count). The Kier molecular flexibility index (Phi) is 4.61. The third-order valence-corrected chi connectivity index (χ3v) is 5.39. The van der Waals surface area contributed by atoms with Crippen LogP contribution < -0.4 is 15.8 Å². The fourth-order valence-electron chi connectivity index (χ4n) is 3.10. The van der Waals surface area contributed by atoms with Crippen LogP contribution >= 0.6 is 0 Å². The Balaban J connectivity index is 1.68. The average molecular weight is 381 g/mol. The van der Waals surface area contributed by atoms with Gasteiger partial charge >= 0.3 is 0 Å². The van der Waals surface area contributed by atoms with Crippen molar-refractivity contribution in [3.05, 3.63) is 60.3 Å². The molecule has 2 aromatic carbocycles. The van der Waals surface area contributed by atoms with Gasteiger partial charge < -0.3 is 10.6 Å². The molecule has 4 N–H and O–H groups in total. The predicted molar refractivity (Wildman–Crippen MR) is 106 cm³/mol. The van der Waals surface area contributed by atoms with E-state index in [0.717, 1.165) is 36.0 Å². The number of aromatic nitrogens is 2. The second kappa shape index (κ2) is 7.07. The normalized spacial score (nSPS) is 14.8. The van der Waals surface area contributed by atoms with Gasteiger partial charge in [-0.2, -0.15) is 0 Å². The molecule has 27 heavy (non-hydrogen) atoms. The second-order valence-corrected chi connectivity index (χ2v) is 7.88. The van der Waals surface area contributed by atoms with Crippen molar-refractivity contribution < 1.29 is 8.42 Å². The molecule has 0 aliphatic carbocycles. The van der Waals surface area contributed by atoms with Gasteiger partial charge in [0.1, 0.15) is 0 Å². The highest BCUT2D eigenvalue weighted by molar-refractivity contribution is 7.89. The molecular weight excluding hydrogens is 362 g/mol. The molecule has 1 aliphatic heterocycles. The molecule has 0 atom stereocenters. The molecule has 0 fully saturated rings. The lowest BCUT2D eigenvalue weighted by molar-refractivity contribution is 0.598. The van der Waals surface area contributed by atoms with Crippen LogP contribution in [0, 0.1) is 0 Å². The summed E-state index contributed by atoms with van der Waals surface area (Å²) in [5.41, 5.74) is 3.97. The van der Waals surface area contributed by atoms with Crippen molar-refractivity contribution in [2.75, 3.05) is 18.4 Å². The van der Waals surface area contributed by atoms with E-state index in [4.69, 9.17) is 10.1 Å². The number of fused-ring (bicyclic) bond motifs is 1. The van der Waals surface area contributed by atoms with Crippen LogP contribution in [0.1, 0.15) is 12.0 Å². The smallest absolute Gasteiger partial charge is 0.238 e. The van der Waals surface area contributed by atoms with E-state index >= 15 is 0 Å². The van der Waals surface area contributed by atoms with Gasteiger partial charge in [0.2, 0.25) is 16.0 Å². The van der Waals surface area contributed by atoms with Crippen LogP contribution in [0.3, 0.4) is 0 Å². The summed E-state index contributed by atoms with van der Waals surface area (Å²) in [7, 11) is -3.71. The molecule has 0 unspecified atom stereocenters. The van der Waals surface area contributed by atoms with Crippen molar-refractivity contribution in [2.45, 2.75) is 11.3 Å².